The molecule has 0 atom stereocenters. The molecule has 10 nitrogen and oxygen atoms in total. The van der Waals surface area contributed by atoms with Crippen LogP contribution in [0.25, 0.3) is 159 Å². The SMILES string of the molecule is Cc1cc[n+](C)c(-n2c3ccccc3c3cccc(C)c32)c1.Cc1cccc(C)c1-c1ccc2c(c1)c1cccc(C)c1n1c2cc[n+]1C.Cc1cccc2c3cc(-c4ccccc4)ccc3c3cc[n+](C)n3c12.Cc1cccc2c3cc(C(C)C)ccc3c3cc[n+](C)n3c12.Cc1cccc2c3ccccc3n(-c3cccc[n+]3C)c12. The summed E-state index contributed by atoms with van der Waals surface area (Å²) in [5.41, 5.74) is 29.7. The van der Waals surface area contributed by atoms with Crippen molar-refractivity contribution < 1.29 is 23.2 Å². The minimum Gasteiger partial charge on any atom is -0.237 e. The highest BCUT2D eigenvalue weighted by atomic mass is 15.3. The largest absolute Gasteiger partial charge is 0.286 e. The van der Waals surface area contributed by atoms with Crippen molar-refractivity contribution in [2.45, 2.75) is 75.2 Å². The predicted octanol–water partition coefficient (Wildman–Crippen LogP) is 23.4. The highest BCUT2D eigenvalue weighted by molar-refractivity contribution is 6.17. The minimum atomic E-state index is 0.545. The van der Waals surface area contributed by atoms with Crippen LogP contribution in [0.4, 0.5) is 0 Å². The summed E-state index contributed by atoms with van der Waals surface area (Å²) in [6.07, 6.45) is 10.6. The second-order valence-electron chi connectivity index (χ2n) is 32.3. The fourth-order valence-corrected chi connectivity index (χ4v) is 18.4. The molecule has 10 heterocycles. The van der Waals surface area contributed by atoms with Gasteiger partial charge in [0.05, 0.1) is 26.5 Å². The molecule has 0 spiro atoms. The van der Waals surface area contributed by atoms with E-state index >= 15 is 0 Å². The Morgan fingerprint density at radius 1 is 0.231 bits per heavy atom. The number of hydrogen-bond donors (Lipinski definition) is 0. The van der Waals surface area contributed by atoms with Crippen molar-refractivity contribution in [2.75, 3.05) is 0 Å². The molecule has 0 saturated carbocycles. The molecule has 22 aromatic rings. The van der Waals surface area contributed by atoms with Gasteiger partial charge in [0.2, 0.25) is 0 Å². The molecule has 0 aliphatic rings. The van der Waals surface area contributed by atoms with E-state index in [1.165, 1.54) is 209 Å². The fourth-order valence-electron chi connectivity index (χ4n) is 18.4. The molecular weight excluding hydrogens is 1430 g/mol. The number of benzene rings is 12. The first kappa shape index (κ1) is 74.6. The van der Waals surface area contributed by atoms with Crippen molar-refractivity contribution in [3.63, 3.8) is 0 Å². The van der Waals surface area contributed by atoms with E-state index in [9.17, 15) is 0 Å². The summed E-state index contributed by atoms with van der Waals surface area (Å²) in [5, 5.41) is 17.1. The standard InChI is InChI=1S/C25H23N2.C23H19N2.C20H21N2.C20H19N2.C19H17N2/c1-16-7-5-8-17(2)24(16)19-11-12-20-22(15-19)21-10-6-9-18(3)25(21)27-23(20)13-14-26(27)4;1-16-7-6-10-20-21-15-18(17-8-4-3-5-9-17)11-12-19(21)22-13-14-24(2)25(22)23(16)20;1-13(2)15-8-9-16-18(12-15)17-7-5-6-14(3)20(17)22-19(16)10-11-21(22)4;1-14-11-12-21(3)19(13-14)22-18-10-5-4-8-16(18)17-9-6-7-15(2)20(17)22;1-14-8-7-10-16-15-9-3-4-11-17(15)21(19(14)16)18-12-5-6-13-20(18)2/h5-15H,1-4H3;3-15H,1-2H3;5-13H,1-4H3;4-13H,1-3H3;3-13H,1-2H3/q5*+1. The van der Waals surface area contributed by atoms with Crippen LogP contribution in [0.15, 0.2) is 322 Å². The Bertz CT molecular complexity index is 7690. The van der Waals surface area contributed by atoms with Gasteiger partial charge in [-0.25, -0.2) is 9.13 Å². The van der Waals surface area contributed by atoms with E-state index in [4.69, 9.17) is 0 Å². The molecule has 0 fully saturated rings. The number of aryl methyl sites for hydroxylation is 13. The number of para-hydroxylation sites is 7. The van der Waals surface area contributed by atoms with Gasteiger partial charge in [0, 0.05) is 84.2 Å². The third-order valence-corrected chi connectivity index (χ3v) is 24.2. The highest BCUT2D eigenvalue weighted by Crippen LogP contribution is 2.40. The Morgan fingerprint density at radius 3 is 1.06 bits per heavy atom. The second-order valence-corrected chi connectivity index (χ2v) is 32.3. The first-order chi connectivity index (χ1) is 56.8. The van der Waals surface area contributed by atoms with Crippen molar-refractivity contribution >= 4 is 125 Å². The van der Waals surface area contributed by atoms with Gasteiger partial charge in [-0.05, 0) is 210 Å². The molecule has 0 aliphatic heterocycles. The lowest BCUT2D eigenvalue weighted by Crippen LogP contribution is -2.34. The number of pyridine rings is 5. The maximum Gasteiger partial charge on any atom is 0.286 e. The third-order valence-electron chi connectivity index (χ3n) is 24.2. The Morgan fingerprint density at radius 2 is 0.590 bits per heavy atom. The zero-order chi connectivity index (χ0) is 80.8. The van der Waals surface area contributed by atoms with E-state index in [2.05, 4.69) is 473 Å². The second kappa shape index (κ2) is 30.2. The molecule has 22 rings (SSSR count). The zero-order valence-electron chi connectivity index (χ0n) is 69.6. The molecule has 0 saturated heterocycles. The summed E-state index contributed by atoms with van der Waals surface area (Å²) in [5.74, 6) is 2.92. The molecular formula is C107H99N10+5. The van der Waals surface area contributed by atoms with Crippen LogP contribution in [0.1, 0.15) is 69.8 Å². The Hall–Kier alpha value is -13.8. The molecule has 0 aliphatic carbocycles. The van der Waals surface area contributed by atoms with Gasteiger partial charge in [0.1, 0.15) is 55.2 Å². The van der Waals surface area contributed by atoms with Gasteiger partial charge >= 0.3 is 0 Å². The average Bonchev–Trinajstić information content (AvgIpc) is 1.72. The van der Waals surface area contributed by atoms with Gasteiger partial charge in [-0.15, -0.1) is 27.6 Å². The van der Waals surface area contributed by atoms with Gasteiger partial charge in [0.25, 0.3) is 11.6 Å². The van der Waals surface area contributed by atoms with E-state index in [1.807, 2.05) is 0 Å². The smallest absolute Gasteiger partial charge is 0.237 e. The van der Waals surface area contributed by atoms with Crippen molar-refractivity contribution in [1.29, 1.82) is 0 Å². The molecule has 117 heavy (non-hydrogen) atoms. The Balaban J connectivity index is 0.000000101. The topological polar surface area (TPSA) is 42.5 Å². The first-order valence-electron chi connectivity index (χ1n) is 40.8. The number of rotatable bonds is 5. The summed E-state index contributed by atoms with van der Waals surface area (Å²) >= 11 is 0. The van der Waals surface area contributed by atoms with E-state index in [0.29, 0.717) is 5.92 Å². The zero-order valence-corrected chi connectivity index (χ0v) is 69.6. The van der Waals surface area contributed by atoms with Gasteiger partial charge in [-0.1, -0.05) is 214 Å². The summed E-state index contributed by atoms with van der Waals surface area (Å²) < 4.78 is 22.6. The van der Waals surface area contributed by atoms with Gasteiger partial charge in [0.15, 0.2) is 39.7 Å². The van der Waals surface area contributed by atoms with Crippen LogP contribution >= 0.6 is 0 Å². The minimum absolute atomic E-state index is 0.545. The summed E-state index contributed by atoms with van der Waals surface area (Å²) in [4.78, 5) is 0. The van der Waals surface area contributed by atoms with Crippen LogP contribution < -0.4 is 23.2 Å². The first-order valence-corrected chi connectivity index (χ1v) is 40.8. The molecule has 0 unspecified atom stereocenters. The van der Waals surface area contributed by atoms with E-state index in [1.54, 1.807) is 0 Å². The van der Waals surface area contributed by atoms with Crippen molar-refractivity contribution in [1.82, 2.24) is 22.7 Å². The van der Waals surface area contributed by atoms with Crippen molar-refractivity contribution in [2.24, 2.45) is 35.2 Å². The molecule has 0 bridgehead atoms. The van der Waals surface area contributed by atoms with E-state index in [-0.39, 0.29) is 0 Å². The molecule has 10 aromatic heterocycles. The summed E-state index contributed by atoms with van der Waals surface area (Å²) in [6.45, 7) is 22.0. The number of hydrogen-bond acceptors (Lipinski definition) is 0. The van der Waals surface area contributed by atoms with Crippen molar-refractivity contribution in [3.05, 3.63) is 372 Å². The predicted molar refractivity (Wildman–Crippen MR) is 488 cm³/mol. The summed E-state index contributed by atoms with van der Waals surface area (Å²) in [7, 11) is 10.5. The Kier molecular flexibility index (Phi) is 19.2. The van der Waals surface area contributed by atoms with Crippen LogP contribution in [0, 0.1) is 55.4 Å². The monoisotopic (exact) mass is 1520 g/mol. The molecule has 10 heteroatoms. The maximum absolute atomic E-state index is 2.38. The van der Waals surface area contributed by atoms with E-state index in [0.717, 1.165) is 0 Å². The lowest BCUT2D eigenvalue weighted by molar-refractivity contribution is -0.735. The molecule has 572 valence electrons. The van der Waals surface area contributed by atoms with Gasteiger partial charge in [-0.2, -0.15) is 9.13 Å². The highest BCUT2D eigenvalue weighted by Gasteiger charge is 2.26. The summed E-state index contributed by atoms with van der Waals surface area (Å²) in [6, 6.07) is 105. The molecule has 0 radical (unpaired) electrons. The lowest BCUT2D eigenvalue weighted by atomic mass is 9.93. The average molecular weight is 1530 g/mol. The van der Waals surface area contributed by atoms with Gasteiger partial charge < -0.3 is 0 Å². The molecule has 0 amide bonds. The van der Waals surface area contributed by atoms with Crippen LogP contribution in [-0.4, -0.2) is 22.7 Å². The normalized spacial score (nSPS) is 11.6. The molecule has 12 aromatic carbocycles. The number of aromatic nitrogens is 10. The third kappa shape index (κ3) is 12.9. The van der Waals surface area contributed by atoms with Crippen LogP contribution in [0.2, 0.25) is 0 Å². The lowest BCUT2D eigenvalue weighted by Gasteiger charge is -2.13. The van der Waals surface area contributed by atoms with Crippen LogP contribution in [0.3, 0.4) is 0 Å². The molecule has 0 N–H and O–H groups in total. The van der Waals surface area contributed by atoms with Crippen LogP contribution in [0.5, 0.6) is 0 Å². The Labute approximate surface area is 683 Å². The quantitative estimate of drug-likeness (QED) is 0.122. The van der Waals surface area contributed by atoms with Crippen LogP contribution in [-0.2, 0) is 35.2 Å². The fraction of sp³-hybridized carbons (Fsp3) is 0.150. The number of nitrogens with zero attached hydrogens (tertiary/aromatic N) is 10. The van der Waals surface area contributed by atoms with E-state index < -0.39 is 0 Å². The maximum atomic E-state index is 2.38. The van der Waals surface area contributed by atoms with Crippen molar-refractivity contribution in [3.8, 4) is 33.9 Å². The number of fused-ring (bicyclic) bond motifs is 24. The van der Waals surface area contributed by atoms with Gasteiger partial charge in [-0.3, -0.25) is 0 Å².